The van der Waals surface area contributed by atoms with Gasteiger partial charge in [0.05, 0.1) is 12.2 Å². The van der Waals surface area contributed by atoms with Crippen LogP contribution in [0.1, 0.15) is 47.2 Å². The van der Waals surface area contributed by atoms with Crippen LogP contribution in [0, 0.1) is 0 Å². The quantitative estimate of drug-likeness (QED) is 0.394. The number of benzene rings is 1. The van der Waals surface area contributed by atoms with Crippen LogP contribution >= 0.6 is 0 Å². The monoisotopic (exact) mass is 430 g/mol. The van der Waals surface area contributed by atoms with Crippen molar-refractivity contribution in [2.24, 2.45) is 5.73 Å². The number of rotatable bonds is 8. The smallest absolute Gasteiger partial charge is 0.255 e. The van der Waals surface area contributed by atoms with E-state index >= 15 is 0 Å². The van der Waals surface area contributed by atoms with Gasteiger partial charge in [-0.15, -0.1) is 0 Å². The van der Waals surface area contributed by atoms with Crippen LogP contribution in [0.15, 0.2) is 18.2 Å². The molecule has 0 saturated carbocycles. The molecule has 2 saturated heterocycles. The lowest BCUT2D eigenvalue weighted by molar-refractivity contribution is -0.136. The molecule has 3 aliphatic rings. The van der Waals surface area contributed by atoms with Crippen molar-refractivity contribution in [3.05, 3.63) is 34.9 Å². The van der Waals surface area contributed by atoms with Gasteiger partial charge in [0.2, 0.25) is 11.8 Å². The fraction of sp³-hybridized carbons (Fsp3) is 0.591. The van der Waals surface area contributed by atoms with E-state index < -0.39 is 6.04 Å². The predicted octanol–water partition coefficient (Wildman–Crippen LogP) is 0.0617. The summed E-state index contributed by atoms with van der Waals surface area (Å²) in [6, 6.07) is 5.17. The first-order valence-electron chi connectivity index (χ1n) is 10.9. The largest absolute Gasteiger partial charge is 0.381 e. The Morgan fingerprint density at radius 3 is 2.81 bits per heavy atom. The maximum absolute atomic E-state index is 12.8. The Labute approximate surface area is 181 Å². The van der Waals surface area contributed by atoms with E-state index in [2.05, 4.69) is 10.6 Å². The molecular formula is C22H30N4O5. The molecule has 0 spiro atoms. The summed E-state index contributed by atoms with van der Waals surface area (Å²) in [6.45, 7) is 4.19. The molecule has 4 N–H and O–H groups in total. The van der Waals surface area contributed by atoms with Gasteiger partial charge >= 0.3 is 0 Å². The van der Waals surface area contributed by atoms with Gasteiger partial charge in [0.25, 0.3) is 5.91 Å². The first kappa shape index (κ1) is 21.9. The number of nitrogens with two attached hydrogens (primary N) is 1. The number of hydrogen-bond donors (Lipinski definition) is 3. The Morgan fingerprint density at radius 1 is 1.26 bits per heavy atom. The molecule has 1 unspecified atom stereocenters. The molecule has 31 heavy (non-hydrogen) atoms. The topological polar surface area (TPSA) is 123 Å². The van der Waals surface area contributed by atoms with Crippen molar-refractivity contribution in [3.8, 4) is 0 Å². The maximum atomic E-state index is 12.8. The van der Waals surface area contributed by atoms with Crippen LogP contribution < -0.4 is 16.4 Å². The molecule has 9 nitrogen and oxygen atoms in total. The summed E-state index contributed by atoms with van der Waals surface area (Å²) in [6.07, 6.45) is 2.28. The van der Waals surface area contributed by atoms with Crippen molar-refractivity contribution in [1.82, 2.24) is 15.5 Å². The standard InChI is InChI=1S/C22H30N4O5/c23-14-22(5-8-30-9-6-22)31-10-7-24-12-15-1-2-17-16(11-15)13-26(21(17)29)18-3-4-19(27)25-20(18)28/h1-2,11,18,24H,3-10,12-14,23H2,(H,25,27,28). The second kappa shape index (κ2) is 9.44. The van der Waals surface area contributed by atoms with Crippen molar-refractivity contribution in [1.29, 1.82) is 0 Å². The van der Waals surface area contributed by atoms with Gasteiger partial charge in [0.15, 0.2) is 0 Å². The summed E-state index contributed by atoms with van der Waals surface area (Å²) in [4.78, 5) is 37.9. The zero-order valence-corrected chi connectivity index (χ0v) is 17.7. The number of imide groups is 1. The van der Waals surface area contributed by atoms with E-state index in [9.17, 15) is 14.4 Å². The molecule has 0 bridgehead atoms. The van der Waals surface area contributed by atoms with Gasteiger partial charge in [-0.1, -0.05) is 12.1 Å². The van der Waals surface area contributed by atoms with E-state index in [1.165, 1.54) is 0 Å². The van der Waals surface area contributed by atoms with E-state index in [-0.39, 0.29) is 29.7 Å². The Kier molecular flexibility index (Phi) is 6.66. The average molecular weight is 431 g/mol. The average Bonchev–Trinajstić information content (AvgIpc) is 3.10. The molecule has 2 fully saturated rings. The van der Waals surface area contributed by atoms with Crippen LogP contribution in [0.5, 0.6) is 0 Å². The Hall–Kier alpha value is -2.33. The number of amides is 3. The third kappa shape index (κ3) is 4.79. The maximum Gasteiger partial charge on any atom is 0.255 e. The van der Waals surface area contributed by atoms with Crippen LogP contribution in [0.3, 0.4) is 0 Å². The van der Waals surface area contributed by atoms with Gasteiger partial charge in [0, 0.05) is 64.2 Å². The molecule has 3 amide bonds. The second-order valence-corrected chi connectivity index (χ2v) is 8.42. The molecule has 1 aromatic carbocycles. The predicted molar refractivity (Wildman–Crippen MR) is 112 cm³/mol. The van der Waals surface area contributed by atoms with Gasteiger partial charge in [-0.3, -0.25) is 19.7 Å². The van der Waals surface area contributed by atoms with Crippen molar-refractivity contribution < 1.29 is 23.9 Å². The lowest BCUT2D eigenvalue weighted by atomic mass is 9.94. The fourth-order valence-electron chi connectivity index (χ4n) is 4.46. The molecule has 0 aliphatic carbocycles. The molecule has 0 radical (unpaired) electrons. The molecule has 3 aliphatic heterocycles. The van der Waals surface area contributed by atoms with E-state index in [1.807, 2.05) is 18.2 Å². The molecule has 1 atom stereocenters. The van der Waals surface area contributed by atoms with Gasteiger partial charge in [-0.05, 0) is 23.6 Å². The molecule has 168 valence electrons. The molecule has 9 heteroatoms. The van der Waals surface area contributed by atoms with Gasteiger partial charge in [0.1, 0.15) is 6.04 Å². The van der Waals surface area contributed by atoms with Gasteiger partial charge in [-0.2, -0.15) is 0 Å². The molecule has 3 heterocycles. The number of piperidine rings is 1. The number of nitrogens with zero attached hydrogens (tertiary/aromatic N) is 1. The first-order chi connectivity index (χ1) is 15.0. The number of nitrogens with one attached hydrogen (secondary N) is 2. The highest BCUT2D eigenvalue weighted by molar-refractivity contribution is 6.05. The zero-order chi connectivity index (χ0) is 21.8. The van der Waals surface area contributed by atoms with Gasteiger partial charge < -0.3 is 25.4 Å². The molecule has 0 aromatic heterocycles. The molecule has 1 aromatic rings. The van der Waals surface area contributed by atoms with E-state index in [1.54, 1.807) is 4.90 Å². The summed E-state index contributed by atoms with van der Waals surface area (Å²) in [5.41, 5.74) is 8.25. The minimum Gasteiger partial charge on any atom is -0.381 e. The SMILES string of the molecule is NCC1(OCCNCc2ccc3c(c2)CN(C2CCC(=O)NC2=O)C3=O)CCOCC1. The number of ether oxygens (including phenoxy) is 2. The molecular weight excluding hydrogens is 400 g/mol. The van der Waals surface area contributed by atoms with E-state index in [0.717, 1.165) is 24.0 Å². The Bertz CT molecular complexity index is 852. The third-order valence-corrected chi connectivity index (χ3v) is 6.38. The Balaban J connectivity index is 1.27. The number of carbonyl (C=O) groups is 3. The number of carbonyl (C=O) groups excluding carboxylic acids is 3. The van der Waals surface area contributed by atoms with Crippen molar-refractivity contribution in [3.63, 3.8) is 0 Å². The third-order valence-electron chi connectivity index (χ3n) is 6.38. The van der Waals surface area contributed by atoms with Crippen LogP contribution in [0.2, 0.25) is 0 Å². The fourth-order valence-corrected chi connectivity index (χ4v) is 4.46. The zero-order valence-electron chi connectivity index (χ0n) is 17.7. The van der Waals surface area contributed by atoms with Crippen molar-refractivity contribution in [2.45, 2.75) is 50.4 Å². The van der Waals surface area contributed by atoms with E-state index in [0.29, 0.717) is 58.0 Å². The summed E-state index contributed by atoms with van der Waals surface area (Å²) < 4.78 is 11.5. The second-order valence-electron chi connectivity index (χ2n) is 8.42. The summed E-state index contributed by atoms with van der Waals surface area (Å²) in [5.74, 6) is -0.822. The van der Waals surface area contributed by atoms with Crippen LogP contribution in [0.4, 0.5) is 0 Å². The van der Waals surface area contributed by atoms with Crippen LogP contribution in [0.25, 0.3) is 0 Å². The minimum absolute atomic E-state index is 0.152. The highest BCUT2D eigenvalue weighted by atomic mass is 16.5. The van der Waals surface area contributed by atoms with Gasteiger partial charge in [-0.25, -0.2) is 0 Å². The number of fused-ring (bicyclic) bond motifs is 1. The lowest BCUT2D eigenvalue weighted by Crippen LogP contribution is -2.52. The number of hydrogen-bond acceptors (Lipinski definition) is 7. The van der Waals surface area contributed by atoms with Crippen LogP contribution in [-0.4, -0.2) is 67.2 Å². The lowest BCUT2D eigenvalue weighted by Gasteiger charge is -2.36. The normalized spacial score (nSPS) is 23.1. The summed E-state index contributed by atoms with van der Waals surface area (Å²) in [5, 5.41) is 5.70. The highest BCUT2D eigenvalue weighted by Crippen LogP contribution is 2.28. The summed E-state index contributed by atoms with van der Waals surface area (Å²) >= 11 is 0. The Morgan fingerprint density at radius 2 is 2.06 bits per heavy atom. The van der Waals surface area contributed by atoms with Crippen LogP contribution in [-0.2, 0) is 32.2 Å². The van der Waals surface area contributed by atoms with Crippen molar-refractivity contribution in [2.75, 3.05) is 32.9 Å². The minimum atomic E-state index is -0.587. The van der Waals surface area contributed by atoms with Crippen molar-refractivity contribution >= 4 is 17.7 Å². The van der Waals surface area contributed by atoms with E-state index in [4.69, 9.17) is 15.2 Å². The molecule has 4 rings (SSSR count). The summed E-state index contributed by atoms with van der Waals surface area (Å²) in [7, 11) is 0. The highest BCUT2D eigenvalue weighted by Gasteiger charge is 2.39. The first-order valence-corrected chi connectivity index (χ1v) is 10.9.